The Morgan fingerprint density at radius 2 is 2.14 bits per heavy atom. The van der Waals surface area contributed by atoms with E-state index in [9.17, 15) is 9.67 Å². The minimum absolute atomic E-state index is 0.0277. The molecule has 0 saturated heterocycles. The van der Waals surface area contributed by atoms with E-state index in [1.807, 2.05) is 0 Å². The highest BCUT2D eigenvalue weighted by molar-refractivity contribution is 8.54. The number of rotatable bonds is 8. The molecule has 0 saturated carbocycles. The Balaban J connectivity index is 3.37. The maximum absolute atomic E-state index is 10.4. The molecule has 1 atom stereocenters. The molecule has 0 aliphatic carbocycles. The Bertz CT molecular complexity index is 189. The van der Waals surface area contributed by atoms with Gasteiger partial charge in [0.2, 0.25) is 0 Å². The van der Waals surface area contributed by atoms with Gasteiger partial charge in [-0.3, -0.25) is 0 Å². The van der Waals surface area contributed by atoms with Crippen LogP contribution in [0, 0.1) is 0 Å². The highest BCUT2D eigenvalue weighted by Crippen LogP contribution is 2.50. The van der Waals surface area contributed by atoms with Gasteiger partial charge < -0.3 is 25.9 Å². The molecule has 0 aromatic carbocycles. The van der Waals surface area contributed by atoms with E-state index in [-0.39, 0.29) is 5.75 Å². The van der Waals surface area contributed by atoms with E-state index in [4.69, 9.17) is 15.5 Å². The molecule has 0 bridgehead atoms. The molecule has 6 nitrogen and oxygen atoms in total. The monoisotopic (exact) mass is 244 g/mol. The smallest absolute Gasteiger partial charge is 0.384 e. The van der Waals surface area contributed by atoms with Gasteiger partial charge in [0.1, 0.15) is 0 Å². The van der Waals surface area contributed by atoms with Gasteiger partial charge in [0, 0.05) is 12.3 Å². The van der Waals surface area contributed by atoms with Crippen molar-refractivity contribution in [2.24, 2.45) is 5.73 Å². The lowest BCUT2D eigenvalue weighted by Crippen LogP contribution is -2.29. The van der Waals surface area contributed by atoms with Crippen molar-refractivity contribution in [1.29, 1.82) is 0 Å². The summed E-state index contributed by atoms with van der Waals surface area (Å²) in [6.45, 7) is -2.44. The van der Waals surface area contributed by atoms with E-state index in [2.05, 4.69) is 5.32 Å². The first-order chi connectivity index (χ1) is 6.45. The number of nitrogens with one attached hydrogen (secondary N) is 1. The van der Waals surface area contributed by atoms with Crippen LogP contribution < -0.4 is 11.1 Å². The lowest BCUT2D eigenvalue weighted by atomic mass is 10.4. The van der Waals surface area contributed by atoms with E-state index in [1.165, 1.54) is 0 Å². The molecule has 14 heavy (non-hydrogen) atoms. The van der Waals surface area contributed by atoms with Gasteiger partial charge in [0.15, 0.2) is 0 Å². The Morgan fingerprint density at radius 3 is 2.64 bits per heavy atom. The van der Waals surface area contributed by atoms with Crippen LogP contribution >= 0.6 is 18.2 Å². The largest absolute Gasteiger partial charge is 0.391 e. The first kappa shape index (κ1) is 14.4. The van der Waals surface area contributed by atoms with E-state index < -0.39 is 12.9 Å². The summed E-state index contributed by atoms with van der Waals surface area (Å²) in [6.07, 6.45) is 0.0728. The Kier molecular flexibility index (Phi) is 7.85. The predicted octanol–water partition coefficient (Wildman–Crippen LogP) is -0.888. The Morgan fingerprint density at radius 1 is 1.50 bits per heavy atom. The van der Waals surface area contributed by atoms with Gasteiger partial charge in [-0.15, -0.1) is 0 Å². The van der Waals surface area contributed by atoms with E-state index >= 15 is 0 Å². The lowest BCUT2D eigenvalue weighted by molar-refractivity contribution is 0.196. The van der Waals surface area contributed by atoms with Crippen molar-refractivity contribution < 1.29 is 19.5 Å². The average molecular weight is 244 g/mol. The van der Waals surface area contributed by atoms with Crippen molar-refractivity contribution in [3.63, 3.8) is 0 Å². The summed E-state index contributed by atoms with van der Waals surface area (Å²) in [5.41, 5.74) is 5.25. The highest BCUT2D eigenvalue weighted by atomic mass is 32.7. The molecule has 0 spiro atoms. The third-order valence-electron chi connectivity index (χ3n) is 1.37. The Labute approximate surface area is 87.2 Å². The van der Waals surface area contributed by atoms with E-state index in [0.29, 0.717) is 31.0 Å². The molecule has 0 aliphatic heterocycles. The summed E-state index contributed by atoms with van der Waals surface area (Å²) >= 11 is 0.457. The van der Waals surface area contributed by atoms with E-state index in [0.717, 1.165) is 6.42 Å². The molecule has 6 N–H and O–H groups in total. The van der Waals surface area contributed by atoms with Gasteiger partial charge >= 0.3 is 6.80 Å². The second-order valence-corrected chi connectivity index (χ2v) is 6.56. The zero-order valence-corrected chi connectivity index (χ0v) is 9.51. The summed E-state index contributed by atoms with van der Waals surface area (Å²) in [7, 11) is 0. The van der Waals surface area contributed by atoms with Crippen molar-refractivity contribution >= 4 is 18.2 Å². The van der Waals surface area contributed by atoms with Gasteiger partial charge in [-0.25, -0.2) is 4.57 Å². The summed E-state index contributed by atoms with van der Waals surface area (Å²) in [5.74, 6) is 0.0277. The van der Waals surface area contributed by atoms with Crippen molar-refractivity contribution in [3.05, 3.63) is 0 Å². The van der Waals surface area contributed by atoms with Crippen LogP contribution in [0.1, 0.15) is 6.42 Å². The van der Waals surface area contributed by atoms with Crippen LogP contribution in [0.2, 0.25) is 0 Å². The van der Waals surface area contributed by atoms with Crippen LogP contribution in [0.5, 0.6) is 0 Å². The van der Waals surface area contributed by atoms with Gasteiger partial charge in [-0.2, -0.15) is 0 Å². The first-order valence-corrected chi connectivity index (χ1v) is 7.45. The van der Waals surface area contributed by atoms with Crippen LogP contribution in [0.15, 0.2) is 0 Å². The van der Waals surface area contributed by atoms with Crippen molar-refractivity contribution in [2.45, 2.75) is 12.5 Å². The van der Waals surface area contributed by atoms with Gasteiger partial charge in [0.05, 0.1) is 6.10 Å². The summed E-state index contributed by atoms with van der Waals surface area (Å²) in [4.78, 5) is 17.0. The molecule has 8 heteroatoms. The molecule has 0 amide bonds. The molecule has 86 valence electrons. The standard InChI is InChI=1S/C6H17N2O4PS/c7-2-1-3-8-4-6(9)5-14-13(10,11)12/h6,8-9H,1-5,7H2,(H2,10,11,12). The summed E-state index contributed by atoms with van der Waals surface area (Å²) in [6, 6.07) is 0. The summed E-state index contributed by atoms with van der Waals surface area (Å²) in [5, 5.41) is 12.2. The molecule has 0 fully saturated rings. The third kappa shape index (κ3) is 10.5. The molecule has 1 unspecified atom stereocenters. The number of hydrogen-bond donors (Lipinski definition) is 5. The fourth-order valence-electron chi connectivity index (χ4n) is 0.738. The zero-order valence-electron chi connectivity index (χ0n) is 7.80. The molecule has 0 aliphatic rings. The molecule has 0 heterocycles. The van der Waals surface area contributed by atoms with Gasteiger partial charge in [0.25, 0.3) is 0 Å². The van der Waals surface area contributed by atoms with Crippen molar-refractivity contribution in [1.82, 2.24) is 5.32 Å². The van der Waals surface area contributed by atoms with Crippen molar-refractivity contribution in [2.75, 3.05) is 25.4 Å². The van der Waals surface area contributed by atoms with Crippen LogP contribution in [0.4, 0.5) is 0 Å². The zero-order chi connectivity index (χ0) is 11.0. The fourth-order valence-corrected chi connectivity index (χ4v) is 2.32. The topological polar surface area (TPSA) is 116 Å². The minimum atomic E-state index is -4.06. The number of aliphatic hydroxyl groups excluding tert-OH is 1. The molecular weight excluding hydrogens is 227 g/mol. The summed E-state index contributed by atoms with van der Waals surface area (Å²) < 4.78 is 10.4. The second kappa shape index (κ2) is 7.64. The predicted molar refractivity (Wildman–Crippen MR) is 57.1 cm³/mol. The Hall–Kier alpha value is 0.380. The van der Waals surface area contributed by atoms with Crippen molar-refractivity contribution in [3.8, 4) is 0 Å². The average Bonchev–Trinajstić information content (AvgIpc) is 2.08. The third-order valence-corrected chi connectivity index (χ3v) is 3.70. The van der Waals surface area contributed by atoms with Crippen LogP contribution in [0.3, 0.4) is 0 Å². The molecule has 0 radical (unpaired) electrons. The quantitative estimate of drug-likeness (QED) is 0.278. The van der Waals surface area contributed by atoms with Gasteiger partial charge in [-0.05, 0) is 30.9 Å². The first-order valence-electron chi connectivity index (χ1n) is 4.24. The number of nitrogens with two attached hydrogens (primary N) is 1. The maximum atomic E-state index is 10.4. The maximum Gasteiger partial charge on any atom is 0.384 e. The second-order valence-electron chi connectivity index (χ2n) is 2.79. The highest BCUT2D eigenvalue weighted by Gasteiger charge is 2.16. The fraction of sp³-hybridized carbons (Fsp3) is 1.00. The normalized spacial score (nSPS) is 14.3. The van der Waals surface area contributed by atoms with Gasteiger partial charge in [-0.1, -0.05) is 0 Å². The van der Waals surface area contributed by atoms with Crippen LogP contribution in [0.25, 0.3) is 0 Å². The lowest BCUT2D eigenvalue weighted by Gasteiger charge is -2.11. The SMILES string of the molecule is NCCCNCC(O)CSP(=O)(O)O. The number of aliphatic hydroxyl groups is 1. The molecule has 0 aromatic heterocycles. The number of hydrogen-bond acceptors (Lipinski definition) is 5. The van der Waals surface area contributed by atoms with Crippen LogP contribution in [-0.4, -0.2) is 46.4 Å². The van der Waals surface area contributed by atoms with E-state index in [1.54, 1.807) is 0 Å². The molecular formula is C6H17N2O4PS. The minimum Gasteiger partial charge on any atom is -0.391 e. The van der Waals surface area contributed by atoms with Crippen LogP contribution in [-0.2, 0) is 4.57 Å². The molecule has 0 rings (SSSR count). The molecule has 0 aromatic rings.